The van der Waals surface area contributed by atoms with Crippen LogP contribution in [0.3, 0.4) is 0 Å². The van der Waals surface area contributed by atoms with Crippen molar-refractivity contribution in [3.63, 3.8) is 0 Å². The molecule has 1 aliphatic heterocycles. The van der Waals surface area contributed by atoms with Gasteiger partial charge in [0.25, 0.3) is 0 Å². The summed E-state index contributed by atoms with van der Waals surface area (Å²) in [6.07, 6.45) is 8.32. The number of hydrogen-bond donors (Lipinski definition) is 1. The first-order valence-electron chi connectivity index (χ1n) is 7.98. The molecule has 0 radical (unpaired) electrons. The summed E-state index contributed by atoms with van der Waals surface area (Å²) in [5, 5.41) is 3.47. The van der Waals surface area contributed by atoms with Crippen LogP contribution < -0.4 is 10.1 Å². The van der Waals surface area contributed by atoms with E-state index in [0.717, 1.165) is 25.4 Å². The van der Waals surface area contributed by atoms with Crippen molar-refractivity contribution in [2.75, 3.05) is 13.2 Å². The van der Waals surface area contributed by atoms with Gasteiger partial charge in [0.15, 0.2) is 0 Å². The van der Waals surface area contributed by atoms with E-state index in [9.17, 15) is 0 Å². The van der Waals surface area contributed by atoms with Crippen molar-refractivity contribution in [2.24, 2.45) is 0 Å². The molecule has 20 heavy (non-hydrogen) atoms. The molecule has 1 aliphatic carbocycles. The normalized spacial score (nSPS) is 23.3. The average Bonchev–Trinajstić information content (AvgIpc) is 3.14. The molecule has 1 aromatic carbocycles. The lowest BCUT2D eigenvalue weighted by molar-refractivity contribution is 0.110. The highest BCUT2D eigenvalue weighted by molar-refractivity contribution is 5.27. The maximum Gasteiger partial charge on any atom is 0.119 e. The second-order valence-electron chi connectivity index (χ2n) is 5.93. The fraction of sp³-hybridized carbons (Fsp3) is 0.647. The van der Waals surface area contributed by atoms with Crippen molar-refractivity contribution in [3.05, 3.63) is 29.8 Å². The van der Waals surface area contributed by atoms with Crippen LogP contribution in [0.2, 0.25) is 0 Å². The molecule has 3 rings (SSSR count). The Morgan fingerprint density at radius 1 is 1.05 bits per heavy atom. The fourth-order valence-corrected chi connectivity index (χ4v) is 3.07. The van der Waals surface area contributed by atoms with Crippen molar-refractivity contribution in [3.8, 4) is 5.75 Å². The zero-order valence-electron chi connectivity index (χ0n) is 12.1. The van der Waals surface area contributed by atoms with Crippen molar-refractivity contribution in [1.29, 1.82) is 0 Å². The zero-order chi connectivity index (χ0) is 13.6. The van der Waals surface area contributed by atoms with Gasteiger partial charge in [0.1, 0.15) is 5.75 Å². The molecule has 1 atom stereocenters. The van der Waals surface area contributed by atoms with Crippen LogP contribution in [-0.4, -0.2) is 25.4 Å². The number of nitrogens with one attached hydrogen (secondary N) is 1. The van der Waals surface area contributed by atoms with Gasteiger partial charge in [-0.15, -0.1) is 0 Å². The monoisotopic (exact) mass is 275 g/mol. The third kappa shape index (κ3) is 3.97. The molecule has 1 heterocycles. The first-order chi connectivity index (χ1) is 9.90. The van der Waals surface area contributed by atoms with Crippen LogP contribution in [0, 0.1) is 0 Å². The van der Waals surface area contributed by atoms with Crippen molar-refractivity contribution in [2.45, 2.75) is 57.3 Å². The quantitative estimate of drug-likeness (QED) is 0.864. The maximum atomic E-state index is 5.98. The van der Waals surface area contributed by atoms with Gasteiger partial charge in [-0.3, -0.25) is 0 Å². The Balaban J connectivity index is 1.41. The van der Waals surface area contributed by atoms with Crippen LogP contribution >= 0.6 is 0 Å². The SMILES string of the molecule is c1cc(OC2CCCC2)ccc1CNC[C@@H]1CCCO1. The first-order valence-corrected chi connectivity index (χ1v) is 7.98. The zero-order valence-corrected chi connectivity index (χ0v) is 12.1. The van der Waals surface area contributed by atoms with Crippen molar-refractivity contribution in [1.82, 2.24) is 5.32 Å². The number of benzene rings is 1. The number of rotatable bonds is 6. The molecule has 0 bridgehead atoms. The third-order valence-corrected chi connectivity index (χ3v) is 4.25. The Morgan fingerprint density at radius 2 is 1.85 bits per heavy atom. The van der Waals surface area contributed by atoms with Gasteiger partial charge in [0, 0.05) is 19.7 Å². The summed E-state index contributed by atoms with van der Waals surface area (Å²) in [5.41, 5.74) is 1.31. The van der Waals surface area contributed by atoms with Crippen LogP contribution in [0.25, 0.3) is 0 Å². The van der Waals surface area contributed by atoms with Gasteiger partial charge in [-0.2, -0.15) is 0 Å². The highest BCUT2D eigenvalue weighted by atomic mass is 16.5. The Labute approximate surface area is 121 Å². The van der Waals surface area contributed by atoms with Gasteiger partial charge < -0.3 is 14.8 Å². The molecule has 0 unspecified atom stereocenters. The second-order valence-corrected chi connectivity index (χ2v) is 5.93. The molecule has 1 saturated carbocycles. The Hall–Kier alpha value is -1.06. The average molecular weight is 275 g/mol. The van der Waals surface area contributed by atoms with Crippen molar-refractivity contribution < 1.29 is 9.47 Å². The molecule has 2 aliphatic rings. The van der Waals surface area contributed by atoms with Gasteiger partial charge in [-0.1, -0.05) is 12.1 Å². The minimum Gasteiger partial charge on any atom is -0.490 e. The standard InChI is InChI=1S/C17H25NO2/c1-2-5-15(4-1)20-16-9-7-14(8-10-16)12-18-13-17-6-3-11-19-17/h7-10,15,17-18H,1-6,11-13H2/t17-/m0/s1. The smallest absolute Gasteiger partial charge is 0.119 e. The summed E-state index contributed by atoms with van der Waals surface area (Å²) < 4.78 is 11.6. The molecule has 1 N–H and O–H groups in total. The van der Waals surface area contributed by atoms with E-state index in [0.29, 0.717) is 12.2 Å². The highest BCUT2D eigenvalue weighted by Gasteiger charge is 2.16. The molecular weight excluding hydrogens is 250 g/mol. The largest absolute Gasteiger partial charge is 0.490 e. The Morgan fingerprint density at radius 3 is 2.55 bits per heavy atom. The van der Waals surface area contributed by atoms with Crippen LogP contribution in [0.4, 0.5) is 0 Å². The molecule has 1 aromatic rings. The third-order valence-electron chi connectivity index (χ3n) is 4.25. The van der Waals surface area contributed by atoms with Crippen LogP contribution in [0.1, 0.15) is 44.1 Å². The summed E-state index contributed by atoms with van der Waals surface area (Å²) in [4.78, 5) is 0. The van der Waals surface area contributed by atoms with Gasteiger partial charge in [-0.25, -0.2) is 0 Å². The molecule has 110 valence electrons. The lowest BCUT2D eigenvalue weighted by Crippen LogP contribution is -2.25. The van der Waals surface area contributed by atoms with E-state index in [-0.39, 0.29) is 0 Å². The summed E-state index contributed by atoms with van der Waals surface area (Å²) in [6.45, 7) is 2.80. The van der Waals surface area contributed by atoms with Gasteiger partial charge in [0.05, 0.1) is 12.2 Å². The summed E-state index contributed by atoms with van der Waals surface area (Å²) in [6, 6.07) is 8.52. The summed E-state index contributed by atoms with van der Waals surface area (Å²) >= 11 is 0. The van der Waals surface area contributed by atoms with E-state index < -0.39 is 0 Å². The maximum absolute atomic E-state index is 5.98. The summed E-state index contributed by atoms with van der Waals surface area (Å²) in [7, 11) is 0. The van der Waals surface area contributed by atoms with E-state index in [4.69, 9.17) is 9.47 Å². The van der Waals surface area contributed by atoms with Crippen LogP contribution in [-0.2, 0) is 11.3 Å². The molecule has 2 fully saturated rings. The molecule has 3 nitrogen and oxygen atoms in total. The predicted molar refractivity (Wildman–Crippen MR) is 80.0 cm³/mol. The number of ether oxygens (including phenoxy) is 2. The lowest BCUT2D eigenvalue weighted by Gasteiger charge is -2.14. The Bertz CT molecular complexity index is 392. The highest BCUT2D eigenvalue weighted by Crippen LogP contribution is 2.24. The molecule has 0 spiro atoms. The topological polar surface area (TPSA) is 30.5 Å². The van der Waals surface area contributed by atoms with E-state index in [1.807, 2.05) is 0 Å². The predicted octanol–water partition coefficient (Wildman–Crippen LogP) is 3.28. The van der Waals surface area contributed by atoms with Crippen molar-refractivity contribution >= 4 is 0 Å². The van der Waals surface area contributed by atoms with E-state index >= 15 is 0 Å². The summed E-state index contributed by atoms with van der Waals surface area (Å²) in [5.74, 6) is 1.01. The molecule has 0 amide bonds. The van der Waals surface area contributed by atoms with Crippen LogP contribution in [0.15, 0.2) is 24.3 Å². The van der Waals surface area contributed by atoms with Gasteiger partial charge in [0.2, 0.25) is 0 Å². The van der Waals surface area contributed by atoms with E-state index in [1.54, 1.807) is 0 Å². The van der Waals surface area contributed by atoms with E-state index in [1.165, 1.54) is 44.1 Å². The lowest BCUT2D eigenvalue weighted by atomic mass is 10.2. The minimum atomic E-state index is 0.417. The molecule has 0 aromatic heterocycles. The molecule has 3 heteroatoms. The van der Waals surface area contributed by atoms with Crippen LogP contribution in [0.5, 0.6) is 5.75 Å². The second kappa shape index (κ2) is 7.09. The van der Waals surface area contributed by atoms with Gasteiger partial charge in [-0.05, 0) is 56.2 Å². The first kappa shape index (κ1) is 13.9. The minimum absolute atomic E-state index is 0.417. The Kier molecular flexibility index (Phi) is 4.93. The molecular formula is C17H25NO2. The number of hydrogen-bond acceptors (Lipinski definition) is 3. The van der Waals surface area contributed by atoms with Gasteiger partial charge >= 0.3 is 0 Å². The molecule has 1 saturated heterocycles. The van der Waals surface area contributed by atoms with E-state index in [2.05, 4.69) is 29.6 Å². The fourth-order valence-electron chi connectivity index (χ4n) is 3.07.